The Labute approximate surface area is 247 Å². The number of ether oxygens (including phenoxy) is 1. The van der Waals surface area contributed by atoms with Gasteiger partial charge in [-0.05, 0) is 54.4 Å². The van der Waals surface area contributed by atoms with Gasteiger partial charge < -0.3 is 20.7 Å². The van der Waals surface area contributed by atoms with Crippen LogP contribution in [0.15, 0.2) is 54.6 Å². The topological polar surface area (TPSA) is 124 Å². The van der Waals surface area contributed by atoms with Crippen LogP contribution in [0.3, 0.4) is 0 Å². The minimum atomic E-state index is -0.967. The predicted octanol–water partition coefficient (Wildman–Crippen LogP) is 4.84. The fourth-order valence-electron chi connectivity index (χ4n) is 5.29. The number of benzene rings is 2. The molecule has 0 saturated carbocycles. The number of guanidine groups is 1. The third kappa shape index (κ3) is 8.22. The van der Waals surface area contributed by atoms with E-state index in [1.807, 2.05) is 50.2 Å². The fourth-order valence-corrected chi connectivity index (χ4v) is 5.50. The highest BCUT2D eigenvalue weighted by Gasteiger charge is 2.50. The standard InChI is InChI=1S/C31H42ClN5O4/c1-20(2)19-31(23-12-7-6-8-13-23)28(39)37(29(33)36-31)16-10-15-25(21(3)4)34-27(38)26(35-30(40)41-5)18-22-11-9-14-24(32)17-22/h6-9,11-14,17,20-21,25-26H,10,15-16,18-19H2,1-5H3,(H2,33,36)(H,34,38)(H,35,40)/t25?,26-,31+/m0/s1. The molecule has 0 aromatic heterocycles. The van der Waals surface area contributed by atoms with Crippen LogP contribution in [0.2, 0.25) is 5.02 Å². The van der Waals surface area contributed by atoms with Crippen LogP contribution >= 0.6 is 11.6 Å². The van der Waals surface area contributed by atoms with E-state index < -0.39 is 17.7 Å². The molecule has 222 valence electrons. The highest BCUT2D eigenvalue weighted by atomic mass is 35.5. The Balaban J connectivity index is 1.68. The van der Waals surface area contributed by atoms with Crippen molar-refractivity contribution in [2.75, 3.05) is 13.7 Å². The lowest BCUT2D eigenvalue weighted by atomic mass is 9.82. The van der Waals surface area contributed by atoms with Gasteiger partial charge in [-0.25, -0.2) is 4.79 Å². The number of hydrogen-bond donors (Lipinski definition) is 4. The summed E-state index contributed by atoms with van der Waals surface area (Å²) >= 11 is 6.12. The normalized spacial score (nSPS) is 18.3. The second-order valence-electron chi connectivity index (χ2n) is 11.3. The molecule has 0 bridgehead atoms. The molecule has 0 aliphatic carbocycles. The Bertz CT molecular complexity index is 1220. The lowest BCUT2D eigenvalue weighted by Crippen LogP contribution is -2.52. The van der Waals surface area contributed by atoms with E-state index in [1.165, 1.54) is 12.0 Å². The van der Waals surface area contributed by atoms with Crippen molar-refractivity contribution >= 4 is 35.5 Å². The van der Waals surface area contributed by atoms with Gasteiger partial charge in [0.2, 0.25) is 5.91 Å². The molecule has 1 aliphatic heterocycles. The lowest BCUT2D eigenvalue weighted by Gasteiger charge is -2.29. The summed E-state index contributed by atoms with van der Waals surface area (Å²) in [6.07, 6.45) is 1.28. The summed E-state index contributed by atoms with van der Waals surface area (Å²) < 4.78 is 4.74. The zero-order valence-corrected chi connectivity index (χ0v) is 25.3. The number of halogens is 1. The predicted molar refractivity (Wildman–Crippen MR) is 161 cm³/mol. The summed E-state index contributed by atoms with van der Waals surface area (Å²) in [4.78, 5) is 40.6. The first-order valence-electron chi connectivity index (χ1n) is 14.1. The molecule has 1 heterocycles. The Morgan fingerprint density at radius 2 is 1.78 bits per heavy atom. The maximum atomic E-state index is 13.8. The number of methoxy groups -OCH3 is 1. The maximum Gasteiger partial charge on any atom is 0.407 e. The molecular formula is C31H42ClN5O4. The summed E-state index contributed by atoms with van der Waals surface area (Å²) in [6.45, 7) is 8.51. The number of alkyl carbamates (subject to hydrolysis) is 1. The number of hydrogen-bond acceptors (Lipinski definition) is 5. The first kappa shape index (κ1) is 31.9. The SMILES string of the molecule is COC(=O)N[C@@H](Cc1cccc(Cl)c1)C(=O)NC(CCCN1C(=N)N[C@](CC(C)C)(c2ccccc2)C1=O)C(C)C. The van der Waals surface area contributed by atoms with Crippen LogP contribution in [0.1, 0.15) is 58.1 Å². The second kappa shape index (κ2) is 14.3. The van der Waals surface area contributed by atoms with Gasteiger partial charge in [-0.3, -0.25) is 19.9 Å². The third-order valence-electron chi connectivity index (χ3n) is 7.35. The van der Waals surface area contributed by atoms with Gasteiger partial charge in [-0.15, -0.1) is 0 Å². The largest absolute Gasteiger partial charge is 0.453 e. The van der Waals surface area contributed by atoms with Crippen molar-refractivity contribution in [2.45, 2.75) is 71.0 Å². The summed E-state index contributed by atoms with van der Waals surface area (Å²) in [5, 5.41) is 18.0. The van der Waals surface area contributed by atoms with E-state index in [4.69, 9.17) is 21.7 Å². The van der Waals surface area contributed by atoms with Crippen LogP contribution < -0.4 is 16.0 Å². The van der Waals surface area contributed by atoms with Crippen LogP contribution in [0.5, 0.6) is 0 Å². The molecule has 1 unspecified atom stereocenters. The van der Waals surface area contributed by atoms with Crippen molar-refractivity contribution in [1.29, 1.82) is 5.41 Å². The summed E-state index contributed by atoms with van der Waals surface area (Å²) in [6, 6.07) is 15.6. The minimum absolute atomic E-state index is 0.0912. The molecule has 3 atom stereocenters. The van der Waals surface area contributed by atoms with Crippen molar-refractivity contribution in [3.05, 3.63) is 70.7 Å². The van der Waals surface area contributed by atoms with Gasteiger partial charge in [0.1, 0.15) is 11.6 Å². The van der Waals surface area contributed by atoms with Crippen molar-refractivity contribution in [3.8, 4) is 0 Å². The van der Waals surface area contributed by atoms with Crippen LogP contribution in [0.4, 0.5) is 4.79 Å². The van der Waals surface area contributed by atoms with Crippen molar-refractivity contribution < 1.29 is 19.1 Å². The number of amides is 3. The van der Waals surface area contributed by atoms with E-state index in [-0.39, 0.29) is 42.1 Å². The highest BCUT2D eigenvalue weighted by Crippen LogP contribution is 2.35. The maximum absolute atomic E-state index is 13.8. The van der Waals surface area contributed by atoms with Gasteiger partial charge in [-0.1, -0.05) is 81.8 Å². The lowest BCUT2D eigenvalue weighted by molar-refractivity contribution is -0.132. The summed E-state index contributed by atoms with van der Waals surface area (Å²) in [5.74, 6) is -0.0378. The van der Waals surface area contributed by atoms with Gasteiger partial charge >= 0.3 is 6.09 Å². The Hall–Kier alpha value is -3.59. The van der Waals surface area contributed by atoms with Crippen LogP contribution in [-0.2, 0) is 26.3 Å². The van der Waals surface area contributed by atoms with Crippen LogP contribution in [-0.4, -0.2) is 54.5 Å². The molecule has 9 nitrogen and oxygen atoms in total. The average molecular weight is 584 g/mol. The molecule has 1 fully saturated rings. The van der Waals surface area contributed by atoms with E-state index in [2.05, 4.69) is 29.8 Å². The molecule has 10 heteroatoms. The van der Waals surface area contributed by atoms with Crippen LogP contribution in [0, 0.1) is 17.2 Å². The molecule has 1 saturated heterocycles. The highest BCUT2D eigenvalue weighted by molar-refractivity contribution is 6.30. The van der Waals surface area contributed by atoms with Crippen molar-refractivity contribution in [1.82, 2.24) is 20.9 Å². The Kier molecular flexibility index (Phi) is 11.2. The molecule has 0 radical (unpaired) electrons. The number of carbonyl (C=O) groups excluding carboxylic acids is 3. The molecule has 1 aliphatic rings. The summed E-state index contributed by atoms with van der Waals surface area (Å²) in [5.41, 5.74) is 0.685. The van der Waals surface area contributed by atoms with Gasteiger partial charge in [-0.2, -0.15) is 0 Å². The Morgan fingerprint density at radius 1 is 1.07 bits per heavy atom. The first-order valence-corrected chi connectivity index (χ1v) is 14.5. The Morgan fingerprint density at radius 3 is 2.39 bits per heavy atom. The summed E-state index contributed by atoms with van der Waals surface area (Å²) in [7, 11) is 1.25. The molecule has 4 N–H and O–H groups in total. The molecule has 2 aromatic rings. The van der Waals surface area contributed by atoms with E-state index in [1.54, 1.807) is 18.2 Å². The zero-order valence-electron chi connectivity index (χ0n) is 24.5. The number of nitrogens with one attached hydrogen (secondary N) is 4. The first-order chi connectivity index (χ1) is 19.5. The smallest absolute Gasteiger partial charge is 0.407 e. The molecule has 3 amide bonds. The van der Waals surface area contributed by atoms with Gasteiger partial charge in [0.15, 0.2) is 5.96 Å². The average Bonchev–Trinajstić information content (AvgIpc) is 3.16. The zero-order chi connectivity index (χ0) is 30.2. The second-order valence-corrected chi connectivity index (χ2v) is 11.8. The number of carbonyl (C=O) groups is 3. The monoisotopic (exact) mass is 583 g/mol. The van der Waals surface area contributed by atoms with E-state index >= 15 is 0 Å². The van der Waals surface area contributed by atoms with Crippen LogP contribution in [0.25, 0.3) is 0 Å². The third-order valence-corrected chi connectivity index (χ3v) is 7.58. The van der Waals surface area contributed by atoms with Gasteiger partial charge in [0.05, 0.1) is 7.11 Å². The molecule has 2 aromatic carbocycles. The van der Waals surface area contributed by atoms with E-state index in [9.17, 15) is 14.4 Å². The van der Waals surface area contributed by atoms with Crippen molar-refractivity contribution in [3.63, 3.8) is 0 Å². The van der Waals surface area contributed by atoms with Gasteiger partial charge in [0, 0.05) is 24.0 Å². The molecule has 41 heavy (non-hydrogen) atoms. The number of rotatable bonds is 13. The van der Waals surface area contributed by atoms with E-state index in [0.29, 0.717) is 30.8 Å². The quantitative estimate of drug-likeness (QED) is 0.269. The minimum Gasteiger partial charge on any atom is -0.453 e. The van der Waals surface area contributed by atoms with Crippen molar-refractivity contribution in [2.24, 2.45) is 11.8 Å². The van der Waals surface area contributed by atoms with E-state index in [0.717, 1.165) is 11.1 Å². The number of nitrogens with zero attached hydrogens (tertiary/aromatic N) is 1. The molecule has 0 spiro atoms. The van der Waals surface area contributed by atoms with Gasteiger partial charge in [0.25, 0.3) is 5.91 Å². The molecule has 3 rings (SSSR count). The fraction of sp³-hybridized carbons (Fsp3) is 0.484. The molecular weight excluding hydrogens is 542 g/mol.